The molecule has 1 aliphatic rings. The second-order valence-electron chi connectivity index (χ2n) is 4.53. The molecule has 1 amide bonds. The van der Waals surface area contributed by atoms with Gasteiger partial charge in [0.2, 0.25) is 0 Å². The fraction of sp³-hybridized carbons (Fsp3) is 0.636. The number of hydrogen-bond acceptors (Lipinski definition) is 5. The smallest absolute Gasteiger partial charge is 0.268 e. The van der Waals surface area contributed by atoms with Crippen LogP contribution in [0.5, 0.6) is 5.88 Å². The van der Waals surface area contributed by atoms with Crippen LogP contribution in [0.25, 0.3) is 0 Å². The van der Waals surface area contributed by atoms with Crippen molar-refractivity contribution in [3.05, 3.63) is 11.8 Å². The van der Waals surface area contributed by atoms with Crippen LogP contribution in [0.1, 0.15) is 12.2 Å². The Kier molecular flexibility index (Phi) is 3.70. The van der Waals surface area contributed by atoms with Gasteiger partial charge in [0, 0.05) is 19.0 Å². The van der Waals surface area contributed by atoms with Crippen LogP contribution in [0.2, 0.25) is 0 Å². The minimum absolute atomic E-state index is 0.0842. The number of aliphatic hydroxyl groups is 1. The Morgan fingerprint density at radius 2 is 2.47 bits per heavy atom. The zero-order chi connectivity index (χ0) is 14.0. The summed E-state index contributed by atoms with van der Waals surface area (Å²) in [5, 5.41) is 13.1. The number of ether oxygens (including phenoxy) is 1. The number of carbonyl (C=O) groups is 1. The van der Waals surface area contributed by atoms with Crippen molar-refractivity contribution in [1.82, 2.24) is 10.1 Å². The van der Waals surface area contributed by atoms with E-state index in [1.165, 1.54) is 6.07 Å². The van der Waals surface area contributed by atoms with Gasteiger partial charge in [0.15, 0.2) is 6.61 Å². The highest BCUT2D eigenvalue weighted by atomic mass is 19.3. The zero-order valence-electron chi connectivity index (χ0n) is 10.3. The van der Waals surface area contributed by atoms with E-state index in [0.717, 1.165) is 4.90 Å². The standard InChI is InChI=1S/C11H14F2N2O4/c1-7-4-8(14-19-7)18-5-9(16)15-3-2-11(17,6-15)10(12)13/h4,10,17H,2-3,5-6H2,1H3. The Morgan fingerprint density at radius 1 is 1.74 bits per heavy atom. The van der Waals surface area contributed by atoms with Gasteiger partial charge in [-0.05, 0) is 12.1 Å². The number of amides is 1. The summed E-state index contributed by atoms with van der Waals surface area (Å²) in [6, 6.07) is 1.51. The van der Waals surface area contributed by atoms with Gasteiger partial charge in [-0.2, -0.15) is 0 Å². The normalized spacial score (nSPS) is 23.1. The summed E-state index contributed by atoms with van der Waals surface area (Å²) in [6.45, 7) is 1.04. The molecule has 8 heteroatoms. The first-order valence-corrected chi connectivity index (χ1v) is 5.75. The minimum Gasteiger partial charge on any atom is -0.465 e. The fourth-order valence-electron chi connectivity index (χ4n) is 1.85. The summed E-state index contributed by atoms with van der Waals surface area (Å²) < 4.78 is 35.0. The average molecular weight is 276 g/mol. The molecule has 1 N–H and O–H groups in total. The molecule has 1 aliphatic heterocycles. The van der Waals surface area contributed by atoms with E-state index in [0.29, 0.717) is 5.76 Å². The first-order chi connectivity index (χ1) is 8.90. The molecule has 0 radical (unpaired) electrons. The number of hydrogen-bond donors (Lipinski definition) is 1. The van der Waals surface area contributed by atoms with E-state index in [4.69, 9.17) is 9.26 Å². The highest BCUT2D eigenvalue weighted by Gasteiger charge is 2.45. The van der Waals surface area contributed by atoms with E-state index in [9.17, 15) is 18.7 Å². The molecule has 19 heavy (non-hydrogen) atoms. The van der Waals surface area contributed by atoms with Crippen molar-refractivity contribution in [2.24, 2.45) is 0 Å². The highest BCUT2D eigenvalue weighted by Crippen LogP contribution is 2.27. The van der Waals surface area contributed by atoms with Gasteiger partial charge < -0.3 is 19.3 Å². The van der Waals surface area contributed by atoms with E-state index in [2.05, 4.69) is 5.16 Å². The number of carbonyl (C=O) groups excluding carboxylic acids is 1. The lowest BCUT2D eigenvalue weighted by atomic mass is 10.1. The molecule has 2 rings (SSSR count). The van der Waals surface area contributed by atoms with Crippen LogP contribution in [-0.2, 0) is 4.79 Å². The lowest BCUT2D eigenvalue weighted by Gasteiger charge is -2.22. The molecular formula is C11H14F2N2O4. The van der Waals surface area contributed by atoms with Crippen LogP contribution in [0.15, 0.2) is 10.6 Å². The number of likely N-dealkylation sites (tertiary alicyclic amines) is 1. The van der Waals surface area contributed by atoms with Crippen LogP contribution in [0.4, 0.5) is 8.78 Å². The van der Waals surface area contributed by atoms with Gasteiger partial charge in [0.25, 0.3) is 18.2 Å². The van der Waals surface area contributed by atoms with E-state index < -0.39 is 17.9 Å². The van der Waals surface area contributed by atoms with Crippen LogP contribution in [0, 0.1) is 6.92 Å². The topological polar surface area (TPSA) is 75.8 Å². The lowest BCUT2D eigenvalue weighted by molar-refractivity contribution is -0.135. The molecule has 0 aliphatic carbocycles. The first-order valence-electron chi connectivity index (χ1n) is 5.75. The van der Waals surface area contributed by atoms with Crippen molar-refractivity contribution in [1.29, 1.82) is 0 Å². The van der Waals surface area contributed by atoms with Crippen molar-refractivity contribution < 1.29 is 27.9 Å². The Labute approximate surface area is 107 Å². The monoisotopic (exact) mass is 276 g/mol. The van der Waals surface area contributed by atoms with Crippen LogP contribution in [0.3, 0.4) is 0 Å². The zero-order valence-corrected chi connectivity index (χ0v) is 10.3. The summed E-state index contributed by atoms with van der Waals surface area (Å²) >= 11 is 0. The third-order valence-electron chi connectivity index (χ3n) is 2.99. The van der Waals surface area contributed by atoms with Gasteiger partial charge >= 0.3 is 0 Å². The molecular weight excluding hydrogens is 262 g/mol. The molecule has 1 unspecified atom stereocenters. The van der Waals surface area contributed by atoms with Crippen molar-refractivity contribution in [3.8, 4) is 5.88 Å². The molecule has 1 atom stereocenters. The number of halogens is 2. The largest absolute Gasteiger partial charge is 0.465 e. The third kappa shape index (κ3) is 3.01. The second-order valence-corrected chi connectivity index (χ2v) is 4.53. The fourth-order valence-corrected chi connectivity index (χ4v) is 1.85. The molecule has 6 nitrogen and oxygen atoms in total. The van der Waals surface area contributed by atoms with Crippen LogP contribution < -0.4 is 4.74 Å². The SMILES string of the molecule is Cc1cc(OCC(=O)N2CCC(O)(C(F)F)C2)no1. The summed E-state index contributed by atoms with van der Waals surface area (Å²) in [4.78, 5) is 12.9. The van der Waals surface area contributed by atoms with E-state index in [-0.39, 0.29) is 32.0 Å². The molecule has 106 valence electrons. The number of aromatic nitrogens is 1. The molecule has 1 saturated heterocycles. The molecule has 0 saturated carbocycles. The van der Waals surface area contributed by atoms with Gasteiger partial charge in [0.05, 0.1) is 6.54 Å². The maximum atomic E-state index is 12.6. The Balaban J connectivity index is 1.85. The highest BCUT2D eigenvalue weighted by molar-refractivity contribution is 5.78. The van der Waals surface area contributed by atoms with Gasteiger partial charge in [-0.3, -0.25) is 4.79 Å². The number of alkyl halides is 2. The molecule has 1 aromatic heterocycles. The molecule has 0 bridgehead atoms. The van der Waals surface area contributed by atoms with Gasteiger partial charge in [-0.15, -0.1) is 0 Å². The summed E-state index contributed by atoms with van der Waals surface area (Å²) in [5.74, 6) is 0.224. The number of rotatable bonds is 4. The van der Waals surface area contributed by atoms with Gasteiger partial charge in [-0.25, -0.2) is 8.78 Å². The van der Waals surface area contributed by atoms with E-state index in [1.807, 2.05) is 0 Å². The van der Waals surface area contributed by atoms with Crippen LogP contribution in [-0.4, -0.2) is 52.8 Å². The molecule has 1 aromatic rings. The average Bonchev–Trinajstić information content (AvgIpc) is 2.94. The maximum absolute atomic E-state index is 12.6. The second kappa shape index (κ2) is 5.12. The Bertz CT molecular complexity index is 465. The third-order valence-corrected chi connectivity index (χ3v) is 2.99. The molecule has 0 spiro atoms. The lowest BCUT2D eigenvalue weighted by Crippen LogP contribution is -2.42. The van der Waals surface area contributed by atoms with E-state index >= 15 is 0 Å². The number of β-amino-alcohol motifs (C(OH)–C–C–N with tert-alkyl or cyclic N) is 1. The molecule has 1 fully saturated rings. The molecule has 2 heterocycles. The number of nitrogens with zero attached hydrogens (tertiary/aromatic N) is 2. The maximum Gasteiger partial charge on any atom is 0.268 e. The quantitative estimate of drug-likeness (QED) is 0.871. The Morgan fingerprint density at radius 3 is 3.00 bits per heavy atom. The summed E-state index contributed by atoms with van der Waals surface area (Å²) in [7, 11) is 0. The summed E-state index contributed by atoms with van der Waals surface area (Å²) in [5.41, 5.74) is -2.11. The van der Waals surface area contributed by atoms with Crippen LogP contribution >= 0.6 is 0 Å². The van der Waals surface area contributed by atoms with Crippen molar-refractivity contribution in [2.75, 3.05) is 19.7 Å². The minimum atomic E-state index is -2.87. The van der Waals surface area contributed by atoms with E-state index in [1.54, 1.807) is 6.92 Å². The predicted octanol–water partition coefficient (Wildman–Crippen LogP) is 0.590. The van der Waals surface area contributed by atoms with Crippen molar-refractivity contribution >= 4 is 5.91 Å². The van der Waals surface area contributed by atoms with Gasteiger partial charge in [-0.1, -0.05) is 0 Å². The van der Waals surface area contributed by atoms with Crippen molar-refractivity contribution in [2.45, 2.75) is 25.4 Å². The Hall–Kier alpha value is -1.70. The summed E-state index contributed by atoms with van der Waals surface area (Å²) in [6.07, 6.45) is -3.01. The predicted molar refractivity (Wildman–Crippen MR) is 58.9 cm³/mol. The molecule has 0 aromatic carbocycles. The number of aryl methyl sites for hydroxylation is 1. The first kappa shape index (κ1) is 13.7. The van der Waals surface area contributed by atoms with Gasteiger partial charge in [0.1, 0.15) is 11.4 Å². The van der Waals surface area contributed by atoms with Crippen molar-refractivity contribution in [3.63, 3.8) is 0 Å².